The summed E-state index contributed by atoms with van der Waals surface area (Å²) in [6.45, 7) is 8.40. The Balaban J connectivity index is 1.60. The number of hydrogen-bond acceptors (Lipinski definition) is 7. The van der Waals surface area contributed by atoms with Gasteiger partial charge in [-0.3, -0.25) is 4.79 Å². The first-order valence-electron chi connectivity index (χ1n) is 9.89. The number of aromatic nitrogens is 4. The molecule has 0 bridgehead atoms. The van der Waals surface area contributed by atoms with Gasteiger partial charge in [-0.25, -0.2) is 14.4 Å². The van der Waals surface area contributed by atoms with Crippen molar-refractivity contribution in [2.75, 3.05) is 36.5 Å². The van der Waals surface area contributed by atoms with Crippen LogP contribution in [0.2, 0.25) is 0 Å². The summed E-state index contributed by atoms with van der Waals surface area (Å²) in [6, 6.07) is 1.55. The molecule has 1 aliphatic heterocycles. The number of anilines is 2. The van der Waals surface area contributed by atoms with Crippen molar-refractivity contribution in [3.8, 4) is 5.88 Å². The zero-order valence-corrected chi connectivity index (χ0v) is 17.1. The second kappa shape index (κ2) is 8.23. The van der Waals surface area contributed by atoms with Gasteiger partial charge in [0.25, 0.3) is 5.91 Å². The van der Waals surface area contributed by atoms with Crippen molar-refractivity contribution in [3.63, 3.8) is 0 Å². The fourth-order valence-corrected chi connectivity index (χ4v) is 3.47. The van der Waals surface area contributed by atoms with Crippen molar-refractivity contribution < 1.29 is 13.9 Å². The number of halogens is 1. The van der Waals surface area contributed by atoms with Crippen LogP contribution in [0.4, 0.5) is 16.0 Å². The predicted molar refractivity (Wildman–Crippen MR) is 111 cm³/mol. The van der Waals surface area contributed by atoms with Crippen LogP contribution in [-0.2, 0) is 0 Å². The lowest BCUT2D eigenvalue weighted by Crippen LogP contribution is -2.49. The highest BCUT2D eigenvalue weighted by molar-refractivity contribution is 6.05. The van der Waals surface area contributed by atoms with Crippen LogP contribution in [0.5, 0.6) is 5.88 Å². The zero-order valence-electron chi connectivity index (χ0n) is 17.1. The summed E-state index contributed by atoms with van der Waals surface area (Å²) in [5.41, 5.74) is 1.37. The molecule has 158 valence electrons. The van der Waals surface area contributed by atoms with E-state index >= 15 is 0 Å². The van der Waals surface area contributed by atoms with Crippen LogP contribution < -0.4 is 20.3 Å². The number of imidazole rings is 1. The summed E-state index contributed by atoms with van der Waals surface area (Å²) in [7, 11) is 0. The van der Waals surface area contributed by atoms with Crippen molar-refractivity contribution in [1.82, 2.24) is 24.7 Å². The molecule has 0 spiro atoms. The molecule has 2 N–H and O–H groups in total. The number of nitrogens with one attached hydrogen (secondary N) is 2. The van der Waals surface area contributed by atoms with E-state index in [0.29, 0.717) is 30.0 Å². The Labute approximate surface area is 173 Å². The molecule has 0 unspecified atom stereocenters. The van der Waals surface area contributed by atoms with Crippen LogP contribution in [0.25, 0.3) is 5.65 Å². The number of rotatable bonds is 5. The van der Waals surface area contributed by atoms with Crippen molar-refractivity contribution in [2.45, 2.75) is 26.8 Å². The van der Waals surface area contributed by atoms with Crippen LogP contribution in [0.15, 0.2) is 24.7 Å². The maximum absolute atomic E-state index is 14.3. The van der Waals surface area contributed by atoms with Crippen molar-refractivity contribution in [2.24, 2.45) is 0 Å². The molecule has 0 aromatic carbocycles. The quantitative estimate of drug-likeness (QED) is 0.661. The highest BCUT2D eigenvalue weighted by Gasteiger charge is 2.22. The first-order chi connectivity index (χ1) is 14.4. The first-order valence-corrected chi connectivity index (χ1v) is 9.89. The molecule has 0 radical (unpaired) electrons. The van der Waals surface area contributed by atoms with Gasteiger partial charge in [-0.1, -0.05) is 0 Å². The second-order valence-corrected chi connectivity index (χ2v) is 7.27. The molecule has 1 saturated heterocycles. The number of carbonyl (C=O) groups excluding carboxylic acids is 1. The Morgan fingerprint density at radius 3 is 3.00 bits per heavy atom. The SMILES string of the molecule is CCOc1nc(N2CCN[C@H](C)C2)ncc1C(=O)Nc1cc(F)c2nc(C)cn2c1. The molecule has 1 atom stereocenters. The number of aryl methyl sites for hydroxylation is 1. The predicted octanol–water partition coefficient (Wildman–Crippen LogP) is 2.02. The summed E-state index contributed by atoms with van der Waals surface area (Å²) in [5, 5.41) is 6.06. The number of hydrogen-bond donors (Lipinski definition) is 2. The number of fused-ring (bicyclic) bond motifs is 1. The Morgan fingerprint density at radius 2 is 2.23 bits per heavy atom. The van der Waals surface area contributed by atoms with Gasteiger partial charge in [0.15, 0.2) is 11.5 Å². The van der Waals surface area contributed by atoms with E-state index < -0.39 is 11.7 Å². The molecule has 30 heavy (non-hydrogen) atoms. The van der Waals surface area contributed by atoms with Crippen molar-refractivity contribution in [3.05, 3.63) is 41.7 Å². The topological polar surface area (TPSA) is 96.7 Å². The van der Waals surface area contributed by atoms with Gasteiger partial charge in [0.2, 0.25) is 11.8 Å². The number of carbonyl (C=O) groups is 1. The molecule has 0 saturated carbocycles. The van der Waals surface area contributed by atoms with E-state index in [0.717, 1.165) is 19.6 Å². The fraction of sp³-hybridized carbons (Fsp3) is 0.400. The lowest BCUT2D eigenvalue weighted by molar-refractivity contribution is 0.102. The highest BCUT2D eigenvalue weighted by atomic mass is 19.1. The first kappa shape index (κ1) is 20.0. The van der Waals surface area contributed by atoms with E-state index in [2.05, 4.69) is 37.4 Å². The number of nitrogens with zero attached hydrogens (tertiary/aromatic N) is 5. The van der Waals surface area contributed by atoms with Crippen LogP contribution in [0.3, 0.4) is 0 Å². The minimum atomic E-state index is -0.523. The number of piperazine rings is 1. The van der Waals surface area contributed by atoms with E-state index in [9.17, 15) is 9.18 Å². The van der Waals surface area contributed by atoms with Gasteiger partial charge in [0.05, 0.1) is 18.0 Å². The van der Waals surface area contributed by atoms with E-state index in [-0.39, 0.29) is 17.1 Å². The summed E-state index contributed by atoms with van der Waals surface area (Å²) in [5.74, 6) is -0.282. The summed E-state index contributed by atoms with van der Waals surface area (Å²) < 4.78 is 21.5. The molecule has 1 aliphatic rings. The lowest BCUT2D eigenvalue weighted by atomic mass is 10.2. The third-order valence-corrected chi connectivity index (χ3v) is 4.80. The third kappa shape index (κ3) is 4.04. The molecule has 1 fully saturated rings. The average molecular weight is 413 g/mol. The Morgan fingerprint density at radius 1 is 1.40 bits per heavy atom. The van der Waals surface area contributed by atoms with Gasteiger partial charge in [0.1, 0.15) is 5.56 Å². The maximum atomic E-state index is 14.3. The standard InChI is InChI=1S/C20H24FN7O2/c1-4-30-19-15(8-23-20(26-19)27-6-5-22-12(2)9-27)18(29)25-14-7-16(21)17-24-13(3)10-28(17)11-14/h7-8,10-12,22H,4-6,9H2,1-3H3,(H,25,29)/t12-/m1/s1. The smallest absolute Gasteiger partial charge is 0.262 e. The third-order valence-electron chi connectivity index (χ3n) is 4.80. The van der Waals surface area contributed by atoms with E-state index in [1.807, 2.05) is 6.92 Å². The summed E-state index contributed by atoms with van der Waals surface area (Å²) >= 11 is 0. The van der Waals surface area contributed by atoms with Crippen LogP contribution in [-0.4, -0.2) is 57.5 Å². The number of amides is 1. The molecule has 0 aliphatic carbocycles. The number of ether oxygens (including phenoxy) is 1. The normalized spacial score (nSPS) is 16.7. The minimum Gasteiger partial charge on any atom is -0.477 e. The van der Waals surface area contributed by atoms with Gasteiger partial charge in [-0.05, 0) is 20.8 Å². The van der Waals surface area contributed by atoms with Crippen LogP contribution >= 0.6 is 0 Å². The second-order valence-electron chi connectivity index (χ2n) is 7.27. The van der Waals surface area contributed by atoms with Crippen molar-refractivity contribution in [1.29, 1.82) is 0 Å². The molecule has 3 aromatic heterocycles. The number of pyridine rings is 1. The van der Waals surface area contributed by atoms with Gasteiger partial charge in [0, 0.05) is 50.3 Å². The van der Waals surface area contributed by atoms with E-state index in [1.165, 1.54) is 16.7 Å². The lowest BCUT2D eigenvalue weighted by Gasteiger charge is -2.32. The Bertz CT molecular complexity index is 1080. The summed E-state index contributed by atoms with van der Waals surface area (Å²) in [4.78, 5) is 27.9. The monoisotopic (exact) mass is 413 g/mol. The van der Waals surface area contributed by atoms with Gasteiger partial charge in [-0.2, -0.15) is 4.98 Å². The highest BCUT2D eigenvalue weighted by Crippen LogP contribution is 2.22. The Kier molecular flexibility index (Phi) is 5.49. The Hall–Kier alpha value is -3.27. The van der Waals surface area contributed by atoms with Gasteiger partial charge < -0.3 is 24.7 Å². The van der Waals surface area contributed by atoms with Gasteiger partial charge in [-0.15, -0.1) is 0 Å². The van der Waals surface area contributed by atoms with E-state index in [1.54, 1.807) is 19.3 Å². The van der Waals surface area contributed by atoms with Crippen molar-refractivity contribution >= 4 is 23.2 Å². The fourth-order valence-electron chi connectivity index (χ4n) is 3.47. The zero-order chi connectivity index (χ0) is 21.3. The molecule has 1 amide bonds. The minimum absolute atomic E-state index is 0.186. The maximum Gasteiger partial charge on any atom is 0.262 e. The largest absolute Gasteiger partial charge is 0.477 e. The summed E-state index contributed by atoms with van der Waals surface area (Å²) in [6.07, 6.45) is 4.74. The molecular formula is C20H24FN7O2. The molecule has 9 nitrogen and oxygen atoms in total. The van der Waals surface area contributed by atoms with Gasteiger partial charge >= 0.3 is 0 Å². The molecule has 4 rings (SSSR count). The van der Waals surface area contributed by atoms with Crippen LogP contribution in [0, 0.1) is 12.7 Å². The van der Waals surface area contributed by atoms with E-state index in [4.69, 9.17) is 4.74 Å². The average Bonchev–Trinajstić information content (AvgIpc) is 3.09. The van der Waals surface area contributed by atoms with Crippen LogP contribution in [0.1, 0.15) is 29.9 Å². The molecule has 3 aromatic rings. The molecule has 4 heterocycles. The molecular weight excluding hydrogens is 389 g/mol. The molecule has 10 heteroatoms.